The normalized spacial score (nSPS) is 16.2. The third-order valence-electron chi connectivity index (χ3n) is 5.80. The van der Waals surface area contributed by atoms with Crippen molar-refractivity contribution < 1.29 is 69.2 Å². The Hall–Kier alpha value is -3.92. The smallest absolute Gasteiger partial charge is 0.475 e. The molecule has 0 spiro atoms. The van der Waals surface area contributed by atoms with Crippen molar-refractivity contribution in [2.75, 3.05) is 39.8 Å². The van der Waals surface area contributed by atoms with Crippen LogP contribution in [0.1, 0.15) is 17.1 Å². The molecule has 0 radical (unpaired) electrons. The lowest BCUT2D eigenvalue weighted by atomic mass is 10.3. The average Bonchev–Trinajstić information content (AvgIpc) is 3.49. The highest BCUT2D eigenvalue weighted by atomic mass is 19.4. The van der Waals surface area contributed by atoms with Gasteiger partial charge in [-0.1, -0.05) is 0 Å². The number of piperazine rings is 1. The molecule has 22 heteroatoms. The Morgan fingerprint density at radius 2 is 1.16 bits per heavy atom. The Morgan fingerprint density at radius 3 is 1.56 bits per heavy atom. The summed E-state index contributed by atoms with van der Waals surface area (Å²) in [5.74, 6) is -7.07. The van der Waals surface area contributed by atoms with Crippen LogP contribution in [0.3, 0.4) is 0 Å². The topological polar surface area (TPSA) is 157 Å². The van der Waals surface area contributed by atoms with E-state index in [9.17, 15) is 39.5 Å². The fourth-order valence-corrected chi connectivity index (χ4v) is 3.62. The molecule has 0 aliphatic carbocycles. The largest absolute Gasteiger partial charge is 0.490 e. The van der Waals surface area contributed by atoms with E-state index in [0.29, 0.717) is 0 Å². The number of carboxylic acids is 3. The standard InChI is InChI=1S/C17H27N7.3C2HF3O2/c1-20-3-5-22(6-4-20)12-16-13-24-8-7-23(14-17(24)19-16)11-15-9-18-21(2)10-15;3*3-2(4,5)1(6)7/h9-10,13H,3-8,11-12,14H2,1-2H3;3*(H,6,7). The molecule has 1 fully saturated rings. The second kappa shape index (κ2) is 16.4. The highest BCUT2D eigenvalue weighted by Crippen LogP contribution is 2.17. The SMILES string of the molecule is CN1CCN(Cc2cn3c(n2)CN(Cc2cnn(C)c2)CC3)CC1.O=C(O)C(F)(F)F.O=C(O)C(F)(F)F.O=C(O)C(F)(F)F. The minimum Gasteiger partial charge on any atom is -0.475 e. The molecule has 0 aromatic carbocycles. The number of alkyl halides is 9. The van der Waals surface area contributed by atoms with Crippen LogP contribution < -0.4 is 0 Å². The van der Waals surface area contributed by atoms with Crippen LogP contribution in [0.4, 0.5) is 39.5 Å². The molecule has 0 bridgehead atoms. The molecular formula is C23H30F9N7O6. The van der Waals surface area contributed by atoms with Crippen molar-refractivity contribution in [1.82, 2.24) is 34.0 Å². The number of nitrogens with zero attached hydrogens (tertiary/aromatic N) is 7. The summed E-state index contributed by atoms with van der Waals surface area (Å²) in [4.78, 5) is 39.0. The van der Waals surface area contributed by atoms with Crippen LogP contribution >= 0.6 is 0 Å². The van der Waals surface area contributed by atoms with Crippen molar-refractivity contribution >= 4 is 17.9 Å². The first kappa shape index (κ1) is 39.1. The average molecular weight is 672 g/mol. The molecule has 4 heterocycles. The highest BCUT2D eigenvalue weighted by Gasteiger charge is 2.39. The van der Waals surface area contributed by atoms with Crippen molar-refractivity contribution in [1.29, 1.82) is 0 Å². The number of halogens is 9. The maximum absolute atomic E-state index is 10.6. The van der Waals surface area contributed by atoms with Crippen LogP contribution in [0.25, 0.3) is 0 Å². The molecule has 3 N–H and O–H groups in total. The fraction of sp³-hybridized carbons (Fsp3) is 0.609. The summed E-state index contributed by atoms with van der Waals surface area (Å²) in [6.45, 7) is 9.58. The van der Waals surface area contributed by atoms with Crippen molar-refractivity contribution in [2.24, 2.45) is 7.05 Å². The van der Waals surface area contributed by atoms with Crippen LogP contribution in [0.15, 0.2) is 18.6 Å². The van der Waals surface area contributed by atoms with Crippen LogP contribution in [-0.4, -0.2) is 126 Å². The number of aryl methyl sites for hydroxylation is 1. The quantitative estimate of drug-likeness (QED) is 0.410. The molecule has 4 rings (SSSR count). The molecule has 2 aromatic rings. The first-order valence-corrected chi connectivity index (χ1v) is 12.5. The van der Waals surface area contributed by atoms with Gasteiger partial charge < -0.3 is 24.8 Å². The molecule has 0 amide bonds. The second-order valence-corrected chi connectivity index (χ2v) is 9.56. The molecule has 0 atom stereocenters. The van der Waals surface area contributed by atoms with E-state index >= 15 is 0 Å². The lowest BCUT2D eigenvalue weighted by Crippen LogP contribution is -2.43. The number of likely N-dealkylation sites (N-methyl/N-ethyl adjacent to an activating group) is 1. The van der Waals surface area contributed by atoms with Crippen molar-refractivity contribution in [3.8, 4) is 0 Å². The number of hydrogen-bond acceptors (Lipinski definition) is 8. The molecule has 1 saturated heterocycles. The second-order valence-electron chi connectivity index (χ2n) is 9.56. The highest BCUT2D eigenvalue weighted by molar-refractivity contribution is 5.73. The van der Waals surface area contributed by atoms with Gasteiger partial charge in [0.2, 0.25) is 0 Å². The number of carbonyl (C=O) groups is 3. The number of aliphatic carboxylic acids is 3. The zero-order chi connectivity index (χ0) is 34.8. The summed E-state index contributed by atoms with van der Waals surface area (Å²) in [7, 11) is 4.17. The molecular weight excluding hydrogens is 641 g/mol. The summed E-state index contributed by atoms with van der Waals surface area (Å²) in [6, 6.07) is 0. The first-order chi connectivity index (χ1) is 20.5. The van der Waals surface area contributed by atoms with Gasteiger partial charge in [-0.2, -0.15) is 44.6 Å². The maximum atomic E-state index is 10.6. The Labute approximate surface area is 249 Å². The number of aromatic nitrogens is 4. The van der Waals surface area contributed by atoms with E-state index in [1.165, 1.54) is 17.1 Å². The van der Waals surface area contributed by atoms with E-state index in [1.807, 2.05) is 17.9 Å². The van der Waals surface area contributed by atoms with Crippen molar-refractivity contribution in [3.63, 3.8) is 0 Å². The van der Waals surface area contributed by atoms with E-state index in [1.54, 1.807) is 0 Å². The van der Waals surface area contributed by atoms with Crippen molar-refractivity contribution in [2.45, 2.75) is 44.7 Å². The van der Waals surface area contributed by atoms with E-state index in [-0.39, 0.29) is 0 Å². The molecule has 45 heavy (non-hydrogen) atoms. The Bertz CT molecular complexity index is 1200. The molecule has 0 saturated carbocycles. The number of fused-ring (bicyclic) bond motifs is 1. The molecule has 13 nitrogen and oxygen atoms in total. The van der Waals surface area contributed by atoms with E-state index in [0.717, 1.165) is 58.9 Å². The Kier molecular flexibility index (Phi) is 14.3. The van der Waals surface area contributed by atoms with E-state index < -0.39 is 36.4 Å². The van der Waals surface area contributed by atoms with Gasteiger partial charge in [0.25, 0.3) is 0 Å². The summed E-state index contributed by atoms with van der Waals surface area (Å²) >= 11 is 0. The van der Waals surface area contributed by atoms with Gasteiger partial charge >= 0.3 is 36.4 Å². The predicted molar refractivity (Wildman–Crippen MR) is 133 cm³/mol. The first-order valence-electron chi connectivity index (χ1n) is 12.5. The van der Waals surface area contributed by atoms with Gasteiger partial charge in [0.1, 0.15) is 5.82 Å². The zero-order valence-corrected chi connectivity index (χ0v) is 23.7. The van der Waals surface area contributed by atoms with Gasteiger partial charge in [-0.25, -0.2) is 19.4 Å². The maximum Gasteiger partial charge on any atom is 0.490 e. The van der Waals surface area contributed by atoms with Gasteiger partial charge in [0.05, 0.1) is 18.4 Å². The molecule has 2 aliphatic heterocycles. The minimum absolute atomic E-state index is 0.928. The summed E-state index contributed by atoms with van der Waals surface area (Å²) < 4.78 is 99.4. The minimum atomic E-state index is -5.08. The van der Waals surface area contributed by atoms with Crippen molar-refractivity contribution in [3.05, 3.63) is 35.7 Å². The molecule has 256 valence electrons. The van der Waals surface area contributed by atoms with Crippen LogP contribution in [-0.2, 0) is 47.6 Å². The third kappa shape index (κ3) is 15.1. The van der Waals surface area contributed by atoms with Gasteiger partial charge in [-0.05, 0) is 7.05 Å². The van der Waals surface area contributed by atoms with E-state index in [2.05, 4.69) is 43.8 Å². The van der Waals surface area contributed by atoms with Gasteiger partial charge in [0.15, 0.2) is 0 Å². The van der Waals surface area contributed by atoms with Crippen LogP contribution in [0.2, 0.25) is 0 Å². The van der Waals surface area contributed by atoms with Gasteiger partial charge in [-0.3, -0.25) is 14.5 Å². The number of rotatable bonds is 4. The summed E-state index contributed by atoms with van der Waals surface area (Å²) in [5.41, 5.74) is 2.49. The summed E-state index contributed by atoms with van der Waals surface area (Å²) in [6.07, 6.45) is -8.94. The van der Waals surface area contributed by atoms with E-state index in [4.69, 9.17) is 34.7 Å². The fourth-order valence-electron chi connectivity index (χ4n) is 3.62. The molecule has 2 aromatic heterocycles. The predicted octanol–water partition coefficient (Wildman–Crippen LogP) is 2.28. The number of hydrogen-bond donors (Lipinski definition) is 3. The summed E-state index contributed by atoms with van der Waals surface area (Å²) in [5, 5.41) is 25.6. The van der Waals surface area contributed by atoms with Crippen LogP contribution in [0, 0.1) is 0 Å². The molecule has 2 aliphatic rings. The monoisotopic (exact) mass is 671 g/mol. The Balaban J connectivity index is 0.000000396. The third-order valence-corrected chi connectivity index (χ3v) is 5.80. The van der Waals surface area contributed by atoms with Gasteiger partial charge in [0, 0.05) is 77.4 Å². The zero-order valence-electron chi connectivity index (χ0n) is 23.7. The van der Waals surface area contributed by atoms with Crippen LogP contribution in [0.5, 0.6) is 0 Å². The number of carboxylic acid groups (broad SMARTS) is 3. The molecule has 0 unspecified atom stereocenters. The lowest BCUT2D eigenvalue weighted by Gasteiger charge is -2.31. The lowest BCUT2D eigenvalue weighted by molar-refractivity contribution is -0.193. The Morgan fingerprint density at radius 1 is 0.711 bits per heavy atom. The number of imidazole rings is 1. The van der Waals surface area contributed by atoms with Gasteiger partial charge in [-0.15, -0.1) is 0 Å².